The average Bonchev–Trinajstić information content (AvgIpc) is 2.65. The monoisotopic (exact) mass is 335 g/mol. The lowest BCUT2D eigenvalue weighted by molar-refractivity contribution is 0.0950. The van der Waals surface area contributed by atoms with Gasteiger partial charge in [0.1, 0.15) is 0 Å². The molecule has 1 N–H and O–H groups in total. The number of aryl methyl sites for hydroxylation is 1. The highest BCUT2D eigenvalue weighted by molar-refractivity contribution is 6.07. The summed E-state index contributed by atoms with van der Waals surface area (Å²) >= 11 is 0. The van der Waals surface area contributed by atoms with Gasteiger partial charge in [-0.25, -0.2) is 4.98 Å². The van der Waals surface area contributed by atoms with Crippen molar-refractivity contribution in [2.45, 2.75) is 13.3 Å². The van der Waals surface area contributed by atoms with Crippen LogP contribution >= 0.6 is 0 Å². The van der Waals surface area contributed by atoms with E-state index < -0.39 is 0 Å². The summed E-state index contributed by atoms with van der Waals surface area (Å²) in [5.41, 5.74) is 4.15. The molecule has 25 heavy (non-hydrogen) atoms. The van der Waals surface area contributed by atoms with Crippen LogP contribution < -0.4 is 5.32 Å². The number of pyridine rings is 2. The molecule has 0 aliphatic heterocycles. The predicted molar refractivity (Wildman–Crippen MR) is 98.5 cm³/mol. The first-order chi connectivity index (χ1) is 12.2. The van der Waals surface area contributed by atoms with Crippen molar-refractivity contribution in [2.24, 2.45) is 0 Å². The van der Waals surface area contributed by atoms with Crippen molar-refractivity contribution in [3.05, 3.63) is 59.9 Å². The molecule has 5 heteroatoms. The molecule has 0 aliphatic rings. The van der Waals surface area contributed by atoms with Crippen molar-refractivity contribution in [2.75, 3.05) is 20.3 Å². The van der Waals surface area contributed by atoms with Crippen LogP contribution in [0.4, 0.5) is 0 Å². The molecule has 3 rings (SSSR count). The van der Waals surface area contributed by atoms with Gasteiger partial charge in [-0.3, -0.25) is 9.78 Å². The molecule has 0 saturated heterocycles. The zero-order chi connectivity index (χ0) is 17.6. The molecule has 0 bridgehead atoms. The Morgan fingerprint density at radius 3 is 2.88 bits per heavy atom. The summed E-state index contributed by atoms with van der Waals surface area (Å²) in [6, 6.07) is 11.6. The quantitative estimate of drug-likeness (QED) is 0.702. The van der Waals surface area contributed by atoms with Crippen LogP contribution in [0, 0.1) is 6.92 Å². The minimum absolute atomic E-state index is 0.0979. The number of carbonyl (C=O) groups is 1. The first-order valence-electron chi connectivity index (χ1n) is 8.28. The highest BCUT2D eigenvalue weighted by atomic mass is 16.5. The number of rotatable bonds is 6. The van der Waals surface area contributed by atoms with Gasteiger partial charge in [-0.05, 0) is 43.7 Å². The lowest BCUT2D eigenvalue weighted by atomic mass is 10.0. The Morgan fingerprint density at radius 1 is 1.24 bits per heavy atom. The number of fused-ring (bicyclic) bond motifs is 1. The van der Waals surface area contributed by atoms with Crippen molar-refractivity contribution in [3.8, 4) is 11.3 Å². The van der Waals surface area contributed by atoms with Gasteiger partial charge in [0.15, 0.2) is 0 Å². The largest absolute Gasteiger partial charge is 0.385 e. The van der Waals surface area contributed by atoms with Crippen LogP contribution in [0.25, 0.3) is 22.2 Å². The maximum atomic E-state index is 12.7. The first kappa shape index (κ1) is 17.0. The third kappa shape index (κ3) is 4.00. The molecule has 0 saturated carbocycles. The molecular formula is C20H21N3O2. The lowest BCUT2D eigenvalue weighted by Crippen LogP contribution is -2.25. The zero-order valence-electron chi connectivity index (χ0n) is 14.5. The van der Waals surface area contributed by atoms with Crippen LogP contribution in [0.15, 0.2) is 48.8 Å². The number of hydrogen-bond donors (Lipinski definition) is 1. The van der Waals surface area contributed by atoms with Crippen molar-refractivity contribution >= 4 is 16.8 Å². The van der Waals surface area contributed by atoms with E-state index >= 15 is 0 Å². The second kappa shape index (κ2) is 7.85. The Labute approximate surface area is 147 Å². The van der Waals surface area contributed by atoms with Gasteiger partial charge in [0.2, 0.25) is 0 Å². The molecule has 1 amide bonds. The van der Waals surface area contributed by atoms with E-state index in [1.54, 1.807) is 19.5 Å². The van der Waals surface area contributed by atoms with Crippen molar-refractivity contribution in [1.29, 1.82) is 0 Å². The standard InChI is InChI=1S/C20H21N3O2/c1-14-6-7-18-16(11-14)17(20(24)22-9-4-10-25-2)12-19(23-18)15-5-3-8-21-13-15/h3,5-8,11-13H,4,9-10H2,1-2H3,(H,22,24). The third-order valence-corrected chi connectivity index (χ3v) is 3.98. The smallest absolute Gasteiger partial charge is 0.252 e. The predicted octanol–water partition coefficient (Wildman–Crippen LogP) is 3.37. The summed E-state index contributed by atoms with van der Waals surface area (Å²) in [5.74, 6) is -0.0979. The Hall–Kier alpha value is -2.79. The molecule has 0 fully saturated rings. The minimum atomic E-state index is -0.0979. The van der Waals surface area contributed by atoms with E-state index in [0.29, 0.717) is 18.7 Å². The Bertz CT molecular complexity index is 879. The molecule has 2 aromatic heterocycles. The Morgan fingerprint density at radius 2 is 2.12 bits per heavy atom. The molecule has 0 spiro atoms. The maximum absolute atomic E-state index is 12.7. The van der Waals surface area contributed by atoms with E-state index in [-0.39, 0.29) is 5.91 Å². The highest BCUT2D eigenvalue weighted by Gasteiger charge is 2.14. The number of aromatic nitrogens is 2. The molecule has 5 nitrogen and oxygen atoms in total. The first-order valence-corrected chi connectivity index (χ1v) is 8.28. The van der Waals surface area contributed by atoms with Gasteiger partial charge < -0.3 is 10.1 Å². The fourth-order valence-electron chi connectivity index (χ4n) is 2.70. The van der Waals surface area contributed by atoms with Gasteiger partial charge in [0, 0.05) is 43.6 Å². The van der Waals surface area contributed by atoms with Gasteiger partial charge >= 0.3 is 0 Å². The zero-order valence-corrected chi connectivity index (χ0v) is 14.5. The molecule has 2 heterocycles. The van der Waals surface area contributed by atoms with E-state index in [2.05, 4.69) is 10.3 Å². The van der Waals surface area contributed by atoms with Gasteiger partial charge in [0.25, 0.3) is 5.91 Å². The minimum Gasteiger partial charge on any atom is -0.385 e. The van der Waals surface area contributed by atoms with E-state index in [0.717, 1.165) is 34.1 Å². The Kier molecular flexibility index (Phi) is 5.36. The number of amides is 1. The van der Waals surface area contributed by atoms with E-state index in [9.17, 15) is 4.79 Å². The van der Waals surface area contributed by atoms with Crippen LogP contribution in [0.3, 0.4) is 0 Å². The van der Waals surface area contributed by atoms with Crippen molar-refractivity contribution in [1.82, 2.24) is 15.3 Å². The summed E-state index contributed by atoms with van der Waals surface area (Å²) in [4.78, 5) is 21.6. The summed E-state index contributed by atoms with van der Waals surface area (Å²) in [5, 5.41) is 3.82. The topological polar surface area (TPSA) is 64.1 Å². The number of benzene rings is 1. The second-order valence-electron chi connectivity index (χ2n) is 5.92. The molecule has 0 unspecified atom stereocenters. The van der Waals surface area contributed by atoms with Crippen LogP contribution in [-0.4, -0.2) is 36.1 Å². The number of ether oxygens (including phenoxy) is 1. The SMILES string of the molecule is COCCCNC(=O)c1cc(-c2cccnc2)nc2ccc(C)cc12. The summed E-state index contributed by atoms with van der Waals surface area (Å²) in [6.45, 7) is 3.21. The molecule has 1 aromatic carbocycles. The van der Waals surface area contributed by atoms with Crippen molar-refractivity contribution in [3.63, 3.8) is 0 Å². The number of carbonyl (C=O) groups excluding carboxylic acids is 1. The van der Waals surface area contributed by atoms with Crippen LogP contribution in [0.2, 0.25) is 0 Å². The van der Waals surface area contributed by atoms with Gasteiger partial charge in [0.05, 0.1) is 16.8 Å². The average molecular weight is 335 g/mol. The van der Waals surface area contributed by atoms with Crippen LogP contribution in [0.5, 0.6) is 0 Å². The van der Waals surface area contributed by atoms with Crippen LogP contribution in [0.1, 0.15) is 22.3 Å². The number of hydrogen-bond acceptors (Lipinski definition) is 4. The second-order valence-corrected chi connectivity index (χ2v) is 5.92. The highest BCUT2D eigenvalue weighted by Crippen LogP contribution is 2.25. The van der Waals surface area contributed by atoms with E-state index in [1.165, 1.54) is 0 Å². The number of nitrogens with one attached hydrogen (secondary N) is 1. The number of methoxy groups -OCH3 is 1. The molecular weight excluding hydrogens is 314 g/mol. The third-order valence-electron chi connectivity index (χ3n) is 3.98. The molecule has 0 radical (unpaired) electrons. The van der Waals surface area contributed by atoms with Gasteiger partial charge in [-0.15, -0.1) is 0 Å². The van der Waals surface area contributed by atoms with E-state index in [4.69, 9.17) is 9.72 Å². The van der Waals surface area contributed by atoms with Gasteiger partial charge in [-0.1, -0.05) is 11.6 Å². The lowest BCUT2D eigenvalue weighted by Gasteiger charge is -2.11. The summed E-state index contributed by atoms with van der Waals surface area (Å²) in [7, 11) is 1.65. The molecule has 3 aromatic rings. The maximum Gasteiger partial charge on any atom is 0.252 e. The molecule has 0 aliphatic carbocycles. The fourth-order valence-corrected chi connectivity index (χ4v) is 2.70. The van der Waals surface area contributed by atoms with Crippen LogP contribution in [-0.2, 0) is 4.74 Å². The van der Waals surface area contributed by atoms with E-state index in [1.807, 2.05) is 43.3 Å². The number of nitrogens with zero attached hydrogens (tertiary/aromatic N) is 2. The Balaban J connectivity index is 2.01. The normalized spacial score (nSPS) is 10.8. The van der Waals surface area contributed by atoms with Gasteiger partial charge in [-0.2, -0.15) is 0 Å². The summed E-state index contributed by atoms with van der Waals surface area (Å²) < 4.78 is 5.02. The fraction of sp³-hybridized carbons (Fsp3) is 0.250. The summed E-state index contributed by atoms with van der Waals surface area (Å²) in [6.07, 6.45) is 4.25. The molecule has 0 atom stereocenters. The van der Waals surface area contributed by atoms with Crippen molar-refractivity contribution < 1.29 is 9.53 Å². The molecule has 128 valence electrons.